The Morgan fingerprint density at radius 1 is 1.42 bits per heavy atom. The molecule has 0 spiro atoms. The van der Waals surface area contributed by atoms with Crippen molar-refractivity contribution in [3.63, 3.8) is 0 Å². The Morgan fingerprint density at radius 2 is 2.11 bits per heavy atom. The molecule has 1 amide bonds. The second kappa shape index (κ2) is 7.60. The molecule has 0 fully saturated rings. The molecule has 0 saturated carbocycles. The van der Waals surface area contributed by atoms with Gasteiger partial charge in [0.2, 0.25) is 0 Å². The lowest BCUT2D eigenvalue weighted by molar-refractivity contribution is 0.0736. The Kier molecular flexibility index (Phi) is 6.11. The molecule has 0 aliphatic rings. The first kappa shape index (κ1) is 15.3. The average Bonchev–Trinajstić information content (AvgIpc) is 2.44. The van der Waals surface area contributed by atoms with E-state index in [1.807, 2.05) is 31.3 Å². The van der Waals surface area contributed by atoms with Crippen LogP contribution >= 0.6 is 0 Å². The molecule has 0 radical (unpaired) electrons. The Labute approximate surface area is 115 Å². The second-order valence-electron chi connectivity index (χ2n) is 4.61. The highest BCUT2D eigenvalue weighted by Crippen LogP contribution is 2.13. The summed E-state index contributed by atoms with van der Waals surface area (Å²) in [7, 11) is 1.84. The normalized spacial score (nSPS) is 11.4. The van der Waals surface area contributed by atoms with E-state index in [0.29, 0.717) is 12.1 Å². The van der Waals surface area contributed by atoms with Crippen LogP contribution in [0.1, 0.15) is 42.6 Å². The number of hydrogen-bond acceptors (Lipinski definition) is 2. The minimum Gasteiger partial charge on any atom is -0.339 e. The first-order chi connectivity index (χ1) is 9.11. The van der Waals surface area contributed by atoms with Gasteiger partial charge in [-0.15, -0.1) is 0 Å². The van der Waals surface area contributed by atoms with Gasteiger partial charge in [0.1, 0.15) is 0 Å². The SMILES string of the molecule is CCCC(C)N(C)C(=O)c1ccccc1C#CCN. The van der Waals surface area contributed by atoms with Crippen molar-refractivity contribution in [2.75, 3.05) is 13.6 Å². The van der Waals surface area contributed by atoms with Crippen LogP contribution in [0, 0.1) is 11.8 Å². The molecule has 1 atom stereocenters. The zero-order valence-corrected chi connectivity index (χ0v) is 11.9. The largest absolute Gasteiger partial charge is 0.339 e. The Morgan fingerprint density at radius 3 is 2.74 bits per heavy atom. The molecule has 0 aromatic heterocycles. The zero-order valence-electron chi connectivity index (χ0n) is 11.9. The molecule has 1 unspecified atom stereocenters. The maximum absolute atomic E-state index is 12.5. The van der Waals surface area contributed by atoms with E-state index >= 15 is 0 Å². The molecule has 0 heterocycles. The van der Waals surface area contributed by atoms with Crippen molar-refractivity contribution in [3.8, 4) is 11.8 Å². The molecular weight excluding hydrogens is 236 g/mol. The molecule has 19 heavy (non-hydrogen) atoms. The van der Waals surface area contributed by atoms with E-state index in [4.69, 9.17) is 5.73 Å². The number of nitrogens with two attached hydrogens (primary N) is 1. The molecular formula is C16H22N2O. The van der Waals surface area contributed by atoms with Crippen LogP contribution in [-0.4, -0.2) is 30.4 Å². The third-order valence-electron chi connectivity index (χ3n) is 3.17. The lowest BCUT2D eigenvalue weighted by atomic mass is 10.1. The van der Waals surface area contributed by atoms with Crippen LogP contribution < -0.4 is 5.73 Å². The molecule has 1 rings (SSSR count). The quantitative estimate of drug-likeness (QED) is 0.842. The van der Waals surface area contributed by atoms with Gasteiger partial charge >= 0.3 is 0 Å². The molecule has 3 heteroatoms. The zero-order chi connectivity index (χ0) is 14.3. The average molecular weight is 258 g/mol. The summed E-state index contributed by atoms with van der Waals surface area (Å²) in [5.74, 6) is 5.77. The van der Waals surface area contributed by atoms with Gasteiger partial charge in [0, 0.05) is 18.7 Å². The summed E-state index contributed by atoms with van der Waals surface area (Å²) in [6.07, 6.45) is 2.06. The first-order valence-corrected chi connectivity index (χ1v) is 6.67. The number of amides is 1. The highest BCUT2D eigenvalue weighted by molar-refractivity contribution is 5.96. The summed E-state index contributed by atoms with van der Waals surface area (Å²) in [4.78, 5) is 14.3. The minimum atomic E-state index is 0.0165. The molecule has 0 bridgehead atoms. The minimum absolute atomic E-state index is 0.0165. The molecule has 3 nitrogen and oxygen atoms in total. The van der Waals surface area contributed by atoms with Crippen molar-refractivity contribution in [1.29, 1.82) is 0 Å². The molecule has 2 N–H and O–H groups in total. The Balaban J connectivity index is 2.99. The summed E-state index contributed by atoms with van der Waals surface area (Å²) >= 11 is 0. The van der Waals surface area contributed by atoms with Gasteiger partial charge in [-0.3, -0.25) is 4.79 Å². The van der Waals surface area contributed by atoms with Gasteiger partial charge in [-0.25, -0.2) is 0 Å². The number of nitrogens with zero attached hydrogens (tertiary/aromatic N) is 1. The predicted octanol–water partition coefficient (Wildman–Crippen LogP) is 2.26. The molecule has 0 saturated heterocycles. The fourth-order valence-corrected chi connectivity index (χ4v) is 1.93. The van der Waals surface area contributed by atoms with Gasteiger partial charge in [-0.05, 0) is 25.5 Å². The fourth-order valence-electron chi connectivity index (χ4n) is 1.93. The summed E-state index contributed by atoms with van der Waals surface area (Å²) in [6.45, 7) is 4.48. The van der Waals surface area contributed by atoms with Gasteiger partial charge in [-0.1, -0.05) is 37.3 Å². The van der Waals surface area contributed by atoms with Crippen molar-refractivity contribution in [2.45, 2.75) is 32.7 Å². The van der Waals surface area contributed by atoms with Gasteiger partial charge in [0.05, 0.1) is 12.1 Å². The third-order valence-corrected chi connectivity index (χ3v) is 3.17. The van der Waals surface area contributed by atoms with Gasteiger partial charge in [0.15, 0.2) is 0 Å². The number of carbonyl (C=O) groups is 1. The van der Waals surface area contributed by atoms with E-state index in [9.17, 15) is 4.79 Å². The van der Waals surface area contributed by atoms with Crippen LogP contribution in [0.4, 0.5) is 0 Å². The van der Waals surface area contributed by atoms with Gasteiger partial charge < -0.3 is 10.6 Å². The van der Waals surface area contributed by atoms with E-state index in [1.165, 1.54) is 0 Å². The van der Waals surface area contributed by atoms with E-state index in [0.717, 1.165) is 18.4 Å². The highest BCUT2D eigenvalue weighted by atomic mass is 16.2. The fraction of sp³-hybridized carbons (Fsp3) is 0.438. The van der Waals surface area contributed by atoms with Crippen LogP contribution in [0.3, 0.4) is 0 Å². The molecule has 0 aliphatic heterocycles. The van der Waals surface area contributed by atoms with Crippen LogP contribution in [-0.2, 0) is 0 Å². The Hall–Kier alpha value is -1.79. The van der Waals surface area contributed by atoms with E-state index < -0.39 is 0 Å². The van der Waals surface area contributed by atoms with Gasteiger partial charge in [-0.2, -0.15) is 0 Å². The van der Waals surface area contributed by atoms with E-state index in [1.54, 1.807) is 4.90 Å². The second-order valence-corrected chi connectivity index (χ2v) is 4.61. The monoisotopic (exact) mass is 258 g/mol. The van der Waals surface area contributed by atoms with Crippen molar-refractivity contribution in [3.05, 3.63) is 35.4 Å². The van der Waals surface area contributed by atoms with Crippen molar-refractivity contribution in [1.82, 2.24) is 4.90 Å². The summed E-state index contributed by atoms with van der Waals surface area (Å²) in [5, 5.41) is 0. The van der Waals surface area contributed by atoms with Crippen LogP contribution in [0.2, 0.25) is 0 Å². The summed E-state index contributed by atoms with van der Waals surface area (Å²) < 4.78 is 0. The standard InChI is InChI=1S/C16H22N2O/c1-4-8-13(2)18(3)16(19)15-11-6-5-9-14(15)10-7-12-17/h5-6,9,11,13H,4,8,12,17H2,1-3H3. The van der Waals surface area contributed by atoms with Crippen molar-refractivity contribution < 1.29 is 4.79 Å². The van der Waals surface area contributed by atoms with Gasteiger partial charge in [0.25, 0.3) is 5.91 Å². The van der Waals surface area contributed by atoms with Crippen LogP contribution in [0.5, 0.6) is 0 Å². The number of carbonyl (C=O) groups excluding carboxylic acids is 1. The lowest BCUT2D eigenvalue weighted by Crippen LogP contribution is -2.35. The Bertz CT molecular complexity index is 485. The van der Waals surface area contributed by atoms with E-state index in [-0.39, 0.29) is 11.9 Å². The number of hydrogen-bond donors (Lipinski definition) is 1. The smallest absolute Gasteiger partial charge is 0.255 e. The third kappa shape index (κ3) is 4.11. The predicted molar refractivity (Wildman–Crippen MR) is 78.8 cm³/mol. The topological polar surface area (TPSA) is 46.3 Å². The van der Waals surface area contributed by atoms with Crippen molar-refractivity contribution >= 4 is 5.91 Å². The maximum atomic E-state index is 12.5. The lowest BCUT2D eigenvalue weighted by Gasteiger charge is -2.25. The van der Waals surface area contributed by atoms with Crippen LogP contribution in [0.25, 0.3) is 0 Å². The maximum Gasteiger partial charge on any atom is 0.255 e. The van der Waals surface area contributed by atoms with Crippen LogP contribution in [0.15, 0.2) is 24.3 Å². The molecule has 0 aliphatic carbocycles. The molecule has 1 aromatic rings. The number of rotatable bonds is 4. The van der Waals surface area contributed by atoms with Crippen molar-refractivity contribution in [2.24, 2.45) is 5.73 Å². The summed E-state index contributed by atoms with van der Waals surface area (Å²) in [5.41, 5.74) is 6.77. The molecule has 1 aromatic carbocycles. The first-order valence-electron chi connectivity index (χ1n) is 6.67. The highest BCUT2D eigenvalue weighted by Gasteiger charge is 2.18. The number of benzene rings is 1. The summed E-state index contributed by atoms with van der Waals surface area (Å²) in [6, 6.07) is 7.64. The van der Waals surface area contributed by atoms with E-state index in [2.05, 4.69) is 25.7 Å². The molecule has 102 valence electrons.